The minimum Gasteiger partial charge on any atom is -0.497 e. The zero-order valence-electron chi connectivity index (χ0n) is 16.8. The van der Waals surface area contributed by atoms with E-state index in [4.69, 9.17) is 9.47 Å². The standard InChI is InChI=1S/C22H25BrN2O4/c1-14-6-11-20(18(23)13-14)29-15(2)22(27)25-12-4-5-19(25)21(26)24-16-7-9-17(28-3)10-8-16/h6-11,13,15,19H,4-5,12H2,1-3H3,(H,24,26). The van der Waals surface area contributed by atoms with Gasteiger partial charge >= 0.3 is 0 Å². The molecule has 2 aromatic carbocycles. The number of carbonyl (C=O) groups is 2. The molecule has 1 aliphatic rings. The molecule has 1 aliphatic heterocycles. The number of anilines is 1. The van der Waals surface area contributed by atoms with Gasteiger partial charge in [-0.2, -0.15) is 0 Å². The second-order valence-corrected chi connectivity index (χ2v) is 7.96. The van der Waals surface area contributed by atoms with Gasteiger partial charge in [-0.1, -0.05) is 6.07 Å². The van der Waals surface area contributed by atoms with Crippen LogP contribution in [0.2, 0.25) is 0 Å². The Kier molecular flexibility index (Phi) is 6.79. The Morgan fingerprint density at radius 3 is 2.59 bits per heavy atom. The molecule has 1 heterocycles. The molecule has 2 unspecified atom stereocenters. The Morgan fingerprint density at radius 1 is 1.21 bits per heavy atom. The van der Waals surface area contributed by atoms with Crippen LogP contribution in [0.4, 0.5) is 5.69 Å². The van der Waals surface area contributed by atoms with Gasteiger partial charge in [0, 0.05) is 12.2 Å². The van der Waals surface area contributed by atoms with Crippen LogP contribution in [0.15, 0.2) is 46.9 Å². The van der Waals surface area contributed by atoms with E-state index in [9.17, 15) is 9.59 Å². The zero-order chi connectivity index (χ0) is 21.0. The maximum absolute atomic E-state index is 13.0. The Hall–Kier alpha value is -2.54. The molecule has 1 fully saturated rings. The number of hydrogen-bond donors (Lipinski definition) is 1. The predicted octanol–water partition coefficient (Wildman–Crippen LogP) is 4.16. The van der Waals surface area contributed by atoms with Crippen molar-refractivity contribution in [2.75, 3.05) is 19.0 Å². The van der Waals surface area contributed by atoms with Gasteiger partial charge in [-0.05, 0) is 84.6 Å². The first-order valence-electron chi connectivity index (χ1n) is 9.57. The molecular formula is C22H25BrN2O4. The first-order chi connectivity index (χ1) is 13.9. The summed E-state index contributed by atoms with van der Waals surface area (Å²) in [4.78, 5) is 27.4. The Balaban J connectivity index is 1.65. The van der Waals surface area contributed by atoms with Crippen molar-refractivity contribution in [3.8, 4) is 11.5 Å². The van der Waals surface area contributed by atoms with Crippen LogP contribution in [0.25, 0.3) is 0 Å². The van der Waals surface area contributed by atoms with E-state index >= 15 is 0 Å². The molecule has 29 heavy (non-hydrogen) atoms. The number of amides is 2. The minimum absolute atomic E-state index is 0.190. The maximum atomic E-state index is 13.0. The smallest absolute Gasteiger partial charge is 0.264 e. The molecular weight excluding hydrogens is 436 g/mol. The lowest BCUT2D eigenvalue weighted by molar-refractivity contribution is -0.142. The molecule has 0 radical (unpaired) electrons. The van der Waals surface area contributed by atoms with Crippen LogP contribution in [-0.4, -0.2) is 42.5 Å². The minimum atomic E-state index is -0.691. The van der Waals surface area contributed by atoms with Crippen molar-refractivity contribution in [3.05, 3.63) is 52.5 Å². The van der Waals surface area contributed by atoms with Gasteiger partial charge in [0.05, 0.1) is 11.6 Å². The quantitative estimate of drug-likeness (QED) is 0.702. The summed E-state index contributed by atoms with van der Waals surface area (Å²) in [5.74, 6) is 0.943. The van der Waals surface area contributed by atoms with Crippen LogP contribution in [0, 0.1) is 6.92 Å². The van der Waals surface area contributed by atoms with E-state index in [1.165, 1.54) is 0 Å². The van der Waals surface area contributed by atoms with Crippen LogP contribution in [0.3, 0.4) is 0 Å². The molecule has 2 amide bonds. The number of hydrogen-bond acceptors (Lipinski definition) is 4. The summed E-state index contributed by atoms with van der Waals surface area (Å²) in [5.41, 5.74) is 1.76. The molecule has 3 rings (SSSR count). The number of aryl methyl sites for hydroxylation is 1. The summed E-state index contributed by atoms with van der Waals surface area (Å²) in [6.45, 7) is 4.24. The Morgan fingerprint density at radius 2 is 1.93 bits per heavy atom. The van der Waals surface area contributed by atoms with Gasteiger partial charge in [-0.15, -0.1) is 0 Å². The average molecular weight is 461 g/mol. The van der Waals surface area contributed by atoms with E-state index < -0.39 is 12.1 Å². The monoisotopic (exact) mass is 460 g/mol. The van der Waals surface area contributed by atoms with Crippen LogP contribution in [0.1, 0.15) is 25.3 Å². The fourth-order valence-corrected chi connectivity index (χ4v) is 3.97. The molecule has 2 aromatic rings. The second-order valence-electron chi connectivity index (χ2n) is 7.10. The number of rotatable bonds is 6. The van der Waals surface area contributed by atoms with E-state index in [0.717, 1.165) is 16.5 Å². The molecule has 2 atom stereocenters. The Bertz CT molecular complexity index is 885. The molecule has 154 valence electrons. The third-order valence-corrected chi connectivity index (χ3v) is 5.55. The molecule has 6 nitrogen and oxygen atoms in total. The number of halogens is 1. The molecule has 7 heteroatoms. The number of carbonyl (C=O) groups excluding carboxylic acids is 2. The SMILES string of the molecule is COc1ccc(NC(=O)C2CCCN2C(=O)C(C)Oc2ccc(C)cc2Br)cc1. The molecule has 0 aliphatic carbocycles. The number of ether oxygens (including phenoxy) is 2. The number of nitrogens with zero attached hydrogens (tertiary/aromatic N) is 1. The van der Waals surface area contributed by atoms with Gasteiger partial charge in [-0.25, -0.2) is 0 Å². The van der Waals surface area contributed by atoms with E-state index in [-0.39, 0.29) is 11.8 Å². The first kappa shape index (κ1) is 21.2. The van der Waals surface area contributed by atoms with Crippen LogP contribution in [0.5, 0.6) is 11.5 Å². The predicted molar refractivity (Wildman–Crippen MR) is 115 cm³/mol. The molecule has 0 saturated carbocycles. The molecule has 0 aromatic heterocycles. The van der Waals surface area contributed by atoms with E-state index in [1.807, 2.05) is 25.1 Å². The average Bonchev–Trinajstić information content (AvgIpc) is 3.20. The van der Waals surface area contributed by atoms with Crippen molar-refractivity contribution < 1.29 is 19.1 Å². The second kappa shape index (κ2) is 9.31. The van der Waals surface area contributed by atoms with E-state index in [1.54, 1.807) is 43.2 Å². The highest BCUT2D eigenvalue weighted by molar-refractivity contribution is 9.10. The summed E-state index contributed by atoms with van der Waals surface area (Å²) in [5, 5.41) is 2.89. The van der Waals surface area contributed by atoms with E-state index in [0.29, 0.717) is 30.2 Å². The van der Waals surface area contributed by atoms with Gasteiger partial charge in [0.1, 0.15) is 17.5 Å². The normalized spacial score (nSPS) is 17.0. The molecule has 0 spiro atoms. The van der Waals surface area contributed by atoms with Gasteiger partial charge in [0.15, 0.2) is 6.10 Å². The summed E-state index contributed by atoms with van der Waals surface area (Å²) in [6.07, 6.45) is 0.727. The third-order valence-electron chi connectivity index (χ3n) is 4.93. The van der Waals surface area contributed by atoms with Crippen LogP contribution >= 0.6 is 15.9 Å². The van der Waals surface area contributed by atoms with Crippen LogP contribution in [-0.2, 0) is 9.59 Å². The van der Waals surface area contributed by atoms with Crippen molar-refractivity contribution in [2.24, 2.45) is 0 Å². The fraction of sp³-hybridized carbons (Fsp3) is 0.364. The zero-order valence-corrected chi connectivity index (χ0v) is 18.4. The van der Waals surface area contributed by atoms with Crippen molar-refractivity contribution in [1.29, 1.82) is 0 Å². The van der Waals surface area contributed by atoms with Crippen molar-refractivity contribution in [1.82, 2.24) is 4.90 Å². The number of nitrogens with one attached hydrogen (secondary N) is 1. The largest absolute Gasteiger partial charge is 0.497 e. The lowest BCUT2D eigenvalue weighted by Crippen LogP contribution is -2.47. The molecule has 1 N–H and O–H groups in total. The lowest BCUT2D eigenvalue weighted by atomic mass is 10.2. The third kappa shape index (κ3) is 5.09. The Labute approximate surface area is 179 Å². The van der Waals surface area contributed by atoms with Gasteiger partial charge in [-0.3, -0.25) is 9.59 Å². The highest BCUT2D eigenvalue weighted by atomic mass is 79.9. The fourth-order valence-electron chi connectivity index (χ4n) is 3.38. The highest BCUT2D eigenvalue weighted by Crippen LogP contribution is 2.28. The van der Waals surface area contributed by atoms with Crippen molar-refractivity contribution >= 4 is 33.4 Å². The van der Waals surface area contributed by atoms with Crippen molar-refractivity contribution in [2.45, 2.75) is 38.8 Å². The van der Waals surface area contributed by atoms with E-state index in [2.05, 4.69) is 21.2 Å². The summed E-state index contributed by atoms with van der Waals surface area (Å²) in [7, 11) is 1.59. The topological polar surface area (TPSA) is 67.9 Å². The van der Waals surface area contributed by atoms with Crippen LogP contribution < -0.4 is 14.8 Å². The lowest BCUT2D eigenvalue weighted by Gasteiger charge is -2.27. The maximum Gasteiger partial charge on any atom is 0.264 e. The number of methoxy groups -OCH3 is 1. The van der Waals surface area contributed by atoms with Crippen molar-refractivity contribution in [3.63, 3.8) is 0 Å². The summed E-state index contributed by atoms with van der Waals surface area (Å²) in [6, 6.07) is 12.3. The van der Waals surface area contributed by atoms with Gasteiger partial charge < -0.3 is 19.7 Å². The van der Waals surface area contributed by atoms with Gasteiger partial charge in [0.2, 0.25) is 5.91 Å². The highest BCUT2D eigenvalue weighted by Gasteiger charge is 2.36. The van der Waals surface area contributed by atoms with Gasteiger partial charge in [0.25, 0.3) is 5.91 Å². The summed E-state index contributed by atoms with van der Waals surface area (Å²) < 4.78 is 11.8. The number of benzene rings is 2. The molecule has 1 saturated heterocycles. The first-order valence-corrected chi connectivity index (χ1v) is 10.4. The molecule has 0 bridgehead atoms. The number of likely N-dealkylation sites (tertiary alicyclic amines) is 1. The summed E-state index contributed by atoms with van der Waals surface area (Å²) >= 11 is 3.47.